The molecule has 1 aromatic carbocycles. The Kier molecular flexibility index (Phi) is 6.93. The summed E-state index contributed by atoms with van der Waals surface area (Å²) in [5, 5.41) is 0. The molecule has 0 amide bonds. The topological polar surface area (TPSA) is 38.8 Å². The van der Waals surface area contributed by atoms with Crippen molar-refractivity contribution in [2.75, 3.05) is 33.4 Å². The normalized spacial score (nSPS) is 23.2. The number of ether oxygens (including phenoxy) is 2. The SMILES string of the molecule is CCOC(=O)C1CCCN(CC2CCc3ccc(OC)cc32)C1.Cl. The van der Waals surface area contributed by atoms with Crippen LogP contribution in [0.5, 0.6) is 5.75 Å². The van der Waals surface area contributed by atoms with Crippen molar-refractivity contribution in [3.63, 3.8) is 0 Å². The fourth-order valence-electron chi connectivity index (χ4n) is 3.97. The van der Waals surface area contributed by atoms with Crippen LogP contribution in [0, 0.1) is 5.92 Å². The second-order valence-electron chi connectivity index (χ2n) is 6.65. The van der Waals surface area contributed by atoms with Crippen LogP contribution in [0.2, 0.25) is 0 Å². The quantitative estimate of drug-likeness (QED) is 0.760. The zero-order chi connectivity index (χ0) is 16.2. The van der Waals surface area contributed by atoms with Gasteiger partial charge >= 0.3 is 5.97 Å². The van der Waals surface area contributed by atoms with Crippen LogP contribution in [0.4, 0.5) is 0 Å². The second kappa shape index (κ2) is 8.72. The summed E-state index contributed by atoms with van der Waals surface area (Å²) >= 11 is 0. The molecule has 4 nitrogen and oxygen atoms in total. The van der Waals surface area contributed by atoms with E-state index in [0.717, 1.165) is 44.6 Å². The Morgan fingerprint density at radius 1 is 1.33 bits per heavy atom. The number of nitrogens with zero attached hydrogens (tertiary/aromatic N) is 1. The van der Waals surface area contributed by atoms with Gasteiger partial charge in [0.2, 0.25) is 0 Å². The molecule has 1 fully saturated rings. The zero-order valence-corrected chi connectivity index (χ0v) is 15.4. The number of benzene rings is 1. The average Bonchev–Trinajstić information content (AvgIpc) is 2.97. The summed E-state index contributed by atoms with van der Waals surface area (Å²) in [5.74, 6) is 1.53. The third-order valence-electron chi connectivity index (χ3n) is 5.16. The third-order valence-corrected chi connectivity index (χ3v) is 5.16. The van der Waals surface area contributed by atoms with Gasteiger partial charge in [-0.05, 0) is 68.3 Å². The van der Waals surface area contributed by atoms with E-state index in [2.05, 4.69) is 23.1 Å². The van der Waals surface area contributed by atoms with Crippen molar-refractivity contribution >= 4 is 18.4 Å². The number of esters is 1. The van der Waals surface area contributed by atoms with Crippen molar-refractivity contribution in [3.05, 3.63) is 29.3 Å². The lowest BCUT2D eigenvalue weighted by Crippen LogP contribution is -2.41. The van der Waals surface area contributed by atoms with E-state index in [-0.39, 0.29) is 24.3 Å². The molecule has 1 heterocycles. The highest BCUT2D eigenvalue weighted by atomic mass is 35.5. The average molecular weight is 354 g/mol. The first-order valence-electron chi connectivity index (χ1n) is 8.77. The molecule has 0 N–H and O–H groups in total. The van der Waals surface area contributed by atoms with Gasteiger partial charge in [0.25, 0.3) is 0 Å². The van der Waals surface area contributed by atoms with Crippen LogP contribution in [0.15, 0.2) is 18.2 Å². The molecule has 5 heteroatoms. The molecule has 1 aliphatic heterocycles. The van der Waals surface area contributed by atoms with E-state index in [1.54, 1.807) is 7.11 Å². The highest BCUT2D eigenvalue weighted by Crippen LogP contribution is 2.36. The van der Waals surface area contributed by atoms with Crippen LogP contribution >= 0.6 is 12.4 Å². The lowest BCUT2D eigenvalue weighted by molar-refractivity contribution is -0.149. The number of rotatable bonds is 5. The summed E-state index contributed by atoms with van der Waals surface area (Å²) in [4.78, 5) is 14.4. The molecule has 134 valence electrons. The molecule has 0 saturated carbocycles. The summed E-state index contributed by atoms with van der Waals surface area (Å²) in [6.07, 6.45) is 4.40. The van der Waals surface area contributed by atoms with Gasteiger partial charge in [0, 0.05) is 13.1 Å². The number of fused-ring (bicyclic) bond motifs is 1. The van der Waals surface area contributed by atoms with E-state index >= 15 is 0 Å². The molecular formula is C19H28ClNO3. The number of carbonyl (C=O) groups excluding carboxylic acids is 1. The highest BCUT2D eigenvalue weighted by molar-refractivity contribution is 5.85. The lowest BCUT2D eigenvalue weighted by Gasteiger charge is -2.33. The molecule has 3 rings (SSSR count). The predicted molar refractivity (Wildman–Crippen MR) is 97.1 cm³/mol. The Morgan fingerprint density at radius 3 is 2.92 bits per heavy atom. The molecule has 24 heavy (non-hydrogen) atoms. The van der Waals surface area contributed by atoms with Gasteiger partial charge in [-0.15, -0.1) is 12.4 Å². The molecule has 1 aliphatic carbocycles. The molecule has 2 atom stereocenters. The number of piperidine rings is 1. The van der Waals surface area contributed by atoms with Crippen LogP contribution in [0.3, 0.4) is 0 Å². The van der Waals surface area contributed by atoms with E-state index in [1.165, 1.54) is 17.5 Å². The van der Waals surface area contributed by atoms with Gasteiger partial charge in [-0.1, -0.05) is 6.07 Å². The Bertz CT molecular complexity index is 564. The first-order valence-corrected chi connectivity index (χ1v) is 8.77. The smallest absolute Gasteiger partial charge is 0.310 e. The fraction of sp³-hybridized carbons (Fsp3) is 0.632. The van der Waals surface area contributed by atoms with Gasteiger partial charge < -0.3 is 14.4 Å². The number of carbonyl (C=O) groups is 1. The van der Waals surface area contributed by atoms with Crippen LogP contribution in [0.1, 0.15) is 43.2 Å². The maximum absolute atomic E-state index is 12.0. The standard InChI is InChI=1S/C19H27NO3.ClH/c1-3-23-19(21)16-5-4-10-20(13-16)12-15-7-6-14-8-9-17(22-2)11-18(14)15;/h8-9,11,15-16H,3-7,10,12-13H2,1-2H3;1H. The van der Waals surface area contributed by atoms with Gasteiger partial charge in [-0.25, -0.2) is 0 Å². The zero-order valence-electron chi connectivity index (χ0n) is 14.6. The minimum atomic E-state index is -0.0225. The van der Waals surface area contributed by atoms with Crippen LogP contribution in [-0.2, 0) is 16.0 Å². The van der Waals surface area contributed by atoms with Crippen molar-refractivity contribution in [2.24, 2.45) is 5.92 Å². The summed E-state index contributed by atoms with van der Waals surface area (Å²) in [6, 6.07) is 6.45. The second-order valence-corrected chi connectivity index (χ2v) is 6.65. The molecule has 1 aromatic rings. The van der Waals surface area contributed by atoms with Crippen LogP contribution in [-0.4, -0.2) is 44.2 Å². The maximum Gasteiger partial charge on any atom is 0.310 e. The van der Waals surface area contributed by atoms with Crippen molar-refractivity contribution in [3.8, 4) is 5.75 Å². The number of likely N-dealkylation sites (tertiary alicyclic amines) is 1. The predicted octanol–water partition coefficient (Wildman–Crippen LogP) is 3.42. The fourth-order valence-corrected chi connectivity index (χ4v) is 3.97. The van der Waals surface area contributed by atoms with E-state index in [1.807, 2.05) is 6.92 Å². The third kappa shape index (κ3) is 4.22. The van der Waals surface area contributed by atoms with Gasteiger partial charge in [-0.3, -0.25) is 4.79 Å². The minimum Gasteiger partial charge on any atom is -0.497 e. The highest BCUT2D eigenvalue weighted by Gasteiger charge is 2.30. The molecule has 0 radical (unpaired) electrons. The Morgan fingerprint density at radius 2 is 2.17 bits per heavy atom. The molecule has 1 saturated heterocycles. The summed E-state index contributed by atoms with van der Waals surface area (Å²) in [6.45, 7) is 5.32. The van der Waals surface area contributed by atoms with Crippen LogP contribution in [0.25, 0.3) is 0 Å². The van der Waals surface area contributed by atoms with E-state index < -0.39 is 0 Å². The van der Waals surface area contributed by atoms with Gasteiger partial charge in [0.1, 0.15) is 5.75 Å². The van der Waals surface area contributed by atoms with Gasteiger partial charge in [0.05, 0.1) is 19.6 Å². The number of aryl methyl sites for hydroxylation is 1. The van der Waals surface area contributed by atoms with Crippen molar-refractivity contribution in [1.82, 2.24) is 4.90 Å². The van der Waals surface area contributed by atoms with Crippen LogP contribution < -0.4 is 4.74 Å². The molecule has 2 aliphatic rings. The summed E-state index contributed by atoms with van der Waals surface area (Å²) in [5.41, 5.74) is 2.89. The summed E-state index contributed by atoms with van der Waals surface area (Å²) in [7, 11) is 1.72. The Labute approximate surface area is 150 Å². The molecule has 0 spiro atoms. The van der Waals surface area contributed by atoms with Crippen molar-refractivity contribution < 1.29 is 14.3 Å². The number of halogens is 1. The van der Waals surface area contributed by atoms with Crippen molar-refractivity contribution in [2.45, 2.75) is 38.5 Å². The number of hydrogen-bond donors (Lipinski definition) is 0. The first-order chi connectivity index (χ1) is 11.2. The van der Waals surface area contributed by atoms with Crippen molar-refractivity contribution in [1.29, 1.82) is 0 Å². The van der Waals surface area contributed by atoms with Gasteiger partial charge in [0.15, 0.2) is 0 Å². The monoisotopic (exact) mass is 353 g/mol. The van der Waals surface area contributed by atoms with E-state index in [0.29, 0.717) is 12.5 Å². The lowest BCUT2D eigenvalue weighted by atomic mass is 9.95. The molecular weight excluding hydrogens is 326 g/mol. The maximum atomic E-state index is 12.0. The van der Waals surface area contributed by atoms with E-state index in [9.17, 15) is 4.79 Å². The van der Waals surface area contributed by atoms with Gasteiger partial charge in [-0.2, -0.15) is 0 Å². The Balaban J connectivity index is 0.00000208. The summed E-state index contributed by atoms with van der Waals surface area (Å²) < 4.78 is 10.6. The number of methoxy groups -OCH3 is 1. The Hall–Kier alpha value is -1.26. The number of hydrogen-bond acceptors (Lipinski definition) is 4. The molecule has 0 aromatic heterocycles. The minimum absolute atomic E-state index is 0. The largest absolute Gasteiger partial charge is 0.497 e. The molecule has 2 unspecified atom stereocenters. The molecule has 0 bridgehead atoms. The van der Waals surface area contributed by atoms with E-state index in [4.69, 9.17) is 9.47 Å². The first kappa shape index (κ1) is 19.1.